The molecule has 170 valence electrons. The van der Waals surface area contributed by atoms with Crippen molar-refractivity contribution >= 4 is 44.5 Å². The molecule has 0 bridgehead atoms. The Labute approximate surface area is 192 Å². The van der Waals surface area contributed by atoms with Crippen molar-refractivity contribution in [2.75, 3.05) is 23.3 Å². The topological polar surface area (TPSA) is 89.6 Å². The number of halogens is 3. The van der Waals surface area contributed by atoms with Gasteiger partial charge in [-0.1, -0.05) is 11.6 Å². The van der Waals surface area contributed by atoms with Crippen LogP contribution in [0.25, 0.3) is 0 Å². The lowest BCUT2D eigenvalue weighted by molar-refractivity contribution is -0.0797. The Hall–Kier alpha value is -2.47. The Morgan fingerprint density at radius 2 is 2.03 bits per heavy atom. The van der Waals surface area contributed by atoms with E-state index in [1.54, 1.807) is 13.0 Å². The fraction of sp³-hybridized carbons (Fsp3) is 0.250. The molecular weight excluding hydrogens is 484 g/mol. The van der Waals surface area contributed by atoms with Gasteiger partial charge in [0, 0.05) is 10.9 Å². The van der Waals surface area contributed by atoms with Gasteiger partial charge in [0.25, 0.3) is 10.0 Å². The predicted octanol–water partition coefficient (Wildman–Crippen LogP) is 4.83. The summed E-state index contributed by atoms with van der Waals surface area (Å²) in [4.78, 5) is 3.19. The first-order chi connectivity index (χ1) is 15.2. The fourth-order valence-electron chi connectivity index (χ4n) is 3.01. The highest BCUT2D eigenvalue weighted by Gasteiger charge is 2.24. The minimum Gasteiger partial charge on any atom is -0.486 e. The molecule has 0 saturated carbocycles. The smallest absolute Gasteiger partial charge is 0.266 e. The second-order valence-corrected chi connectivity index (χ2v) is 9.85. The van der Waals surface area contributed by atoms with Gasteiger partial charge in [-0.15, -0.1) is 11.3 Å². The molecule has 32 heavy (non-hydrogen) atoms. The van der Waals surface area contributed by atoms with Gasteiger partial charge in [0.15, 0.2) is 5.82 Å². The summed E-state index contributed by atoms with van der Waals surface area (Å²) < 4.78 is 67.0. The summed E-state index contributed by atoms with van der Waals surface area (Å²) in [6.07, 6.45) is -0.0764. The predicted molar refractivity (Wildman–Crippen MR) is 118 cm³/mol. The first-order valence-electron chi connectivity index (χ1n) is 9.43. The lowest BCUT2D eigenvalue weighted by Crippen LogP contribution is -2.38. The maximum absolute atomic E-state index is 14.7. The monoisotopic (exact) mass is 501 g/mol. The van der Waals surface area contributed by atoms with E-state index in [9.17, 15) is 17.2 Å². The Balaban J connectivity index is 1.54. The number of anilines is 2. The number of benzene rings is 2. The van der Waals surface area contributed by atoms with E-state index >= 15 is 0 Å². The quantitative estimate of drug-likeness (QED) is 0.459. The van der Waals surface area contributed by atoms with Gasteiger partial charge in [-0.2, -0.15) is 0 Å². The third-order valence-electron chi connectivity index (χ3n) is 4.70. The zero-order chi connectivity index (χ0) is 22.9. The van der Waals surface area contributed by atoms with E-state index in [0.29, 0.717) is 19.0 Å². The Kier molecular flexibility index (Phi) is 6.52. The molecule has 0 spiro atoms. The van der Waals surface area contributed by atoms with Gasteiger partial charge in [0.1, 0.15) is 28.4 Å². The van der Waals surface area contributed by atoms with Crippen LogP contribution in [0.15, 0.2) is 46.1 Å². The van der Waals surface area contributed by atoms with Crippen LogP contribution in [0, 0.1) is 11.6 Å². The van der Waals surface area contributed by atoms with Gasteiger partial charge in [-0.25, -0.2) is 22.2 Å². The molecule has 1 fully saturated rings. The Bertz CT molecular complexity index is 1220. The highest BCUT2D eigenvalue weighted by molar-refractivity contribution is 7.92. The van der Waals surface area contributed by atoms with Gasteiger partial charge >= 0.3 is 0 Å². The molecule has 0 amide bonds. The molecule has 2 N–H and O–H groups in total. The number of ether oxygens (including phenoxy) is 2. The number of thiazole rings is 1. The normalized spacial score (nSPS) is 15.1. The van der Waals surface area contributed by atoms with E-state index in [2.05, 4.69) is 15.0 Å². The van der Waals surface area contributed by atoms with E-state index in [1.165, 1.54) is 34.4 Å². The zero-order valence-electron chi connectivity index (χ0n) is 16.6. The Morgan fingerprint density at radius 1 is 1.25 bits per heavy atom. The van der Waals surface area contributed by atoms with Crippen LogP contribution in [0.4, 0.5) is 20.3 Å². The van der Waals surface area contributed by atoms with Crippen molar-refractivity contribution in [3.05, 3.63) is 63.4 Å². The van der Waals surface area contributed by atoms with Crippen LogP contribution in [-0.2, 0) is 14.8 Å². The Morgan fingerprint density at radius 3 is 2.69 bits per heavy atom. The molecule has 7 nitrogen and oxygen atoms in total. The van der Waals surface area contributed by atoms with Crippen molar-refractivity contribution in [2.24, 2.45) is 0 Å². The zero-order valence-corrected chi connectivity index (χ0v) is 19.0. The highest BCUT2D eigenvalue weighted by atomic mass is 35.5. The van der Waals surface area contributed by atoms with E-state index < -0.39 is 32.6 Å². The van der Waals surface area contributed by atoms with E-state index in [1.807, 2.05) is 0 Å². The minimum atomic E-state index is -4.23. The third kappa shape index (κ3) is 4.96. The number of nitrogens with zero attached hydrogens (tertiary/aromatic N) is 1. The molecule has 1 atom stereocenters. The summed E-state index contributed by atoms with van der Waals surface area (Å²) in [6, 6.07) is 5.68. The standard InChI is InChI=1S/C20H18ClF2N3O4S2/c1-11(14-4-12(2-3-16(14)22)30-13-7-29-8-13)25-18-6-17(23)19(5-15(18)21)32(27,28)26-20-9-31-10-24-20/h2-6,9-11,13,25-26H,7-8H2,1H3. The second kappa shape index (κ2) is 9.18. The summed E-state index contributed by atoms with van der Waals surface area (Å²) >= 11 is 7.41. The molecule has 0 radical (unpaired) electrons. The van der Waals surface area contributed by atoms with Crippen LogP contribution in [0.5, 0.6) is 5.75 Å². The first-order valence-corrected chi connectivity index (χ1v) is 12.2. The average Bonchev–Trinajstić information content (AvgIpc) is 3.20. The number of hydrogen-bond acceptors (Lipinski definition) is 7. The number of sulfonamides is 1. The molecule has 4 rings (SSSR count). The SMILES string of the molecule is CC(Nc1cc(F)c(S(=O)(=O)Nc2cscn2)cc1Cl)c1cc(OC2COC2)ccc1F. The van der Waals surface area contributed by atoms with Gasteiger partial charge in [0.05, 0.1) is 35.5 Å². The van der Waals surface area contributed by atoms with Crippen molar-refractivity contribution < 1.29 is 26.7 Å². The largest absolute Gasteiger partial charge is 0.486 e. The van der Waals surface area contributed by atoms with E-state index in [-0.39, 0.29) is 28.2 Å². The van der Waals surface area contributed by atoms with Crippen LogP contribution < -0.4 is 14.8 Å². The van der Waals surface area contributed by atoms with Gasteiger partial charge in [-0.3, -0.25) is 4.72 Å². The molecule has 12 heteroatoms. The van der Waals surface area contributed by atoms with Crippen molar-refractivity contribution in [3.63, 3.8) is 0 Å². The van der Waals surface area contributed by atoms with Gasteiger partial charge < -0.3 is 14.8 Å². The molecule has 0 aliphatic carbocycles. The van der Waals surface area contributed by atoms with Crippen LogP contribution in [0.1, 0.15) is 18.5 Å². The third-order valence-corrected chi connectivity index (χ3v) is 6.97. The molecule has 1 aromatic heterocycles. The highest BCUT2D eigenvalue weighted by Crippen LogP contribution is 2.33. The number of rotatable bonds is 8. The molecule has 2 heterocycles. The van der Waals surface area contributed by atoms with Gasteiger partial charge in [0.2, 0.25) is 0 Å². The molecular formula is C20H18ClF2N3O4S2. The maximum atomic E-state index is 14.7. The number of hydrogen-bond donors (Lipinski definition) is 2. The minimum absolute atomic E-state index is 0.0451. The average molecular weight is 502 g/mol. The summed E-state index contributed by atoms with van der Waals surface area (Å²) in [5.41, 5.74) is 1.83. The molecule has 1 aliphatic rings. The summed E-state index contributed by atoms with van der Waals surface area (Å²) in [5, 5.41) is 4.35. The van der Waals surface area contributed by atoms with Crippen molar-refractivity contribution in [3.8, 4) is 5.75 Å². The van der Waals surface area contributed by atoms with Crippen molar-refractivity contribution in [1.29, 1.82) is 0 Å². The van der Waals surface area contributed by atoms with Crippen LogP contribution in [-0.4, -0.2) is 32.7 Å². The number of aromatic nitrogens is 1. The summed E-state index contributed by atoms with van der Waals surface area (Å²) in [6.45, 7) is 2.61. The fourth-order valence-corrected chi connectivity index (χ4v) is 4.94. The van der Waals surface area contributed by atoms with Crippen LogP contribution in [0.3, 0.4) is 0 Å². The van der Waals surface area contributed by atoms with E-state index in [0.717, 1.165) is 12.1 Å². The molecule has 1 unspecified atom stereocenters. The second-order valence-electron chi connectivity index (χ2n) is 7.07. The van der Waals surface area contributed by atoms with Crippen molar-refractivity contribution in [2.45, 2.75) is 24.0 Å². The summed E-state index contributed by atoms with van der Waals surface area (Å²) in [7, 11) is -4.23. The molecule has 3 aromatic rings. The first kappa shape index (κ1) is 22.7. The van der Waals surface area contributed by atoms with E-state index in [4.69, 9.17) is 21.1 Å². The number of nitrogens with one attached hydrogen (secondary N) is 2. The van der Waals surface area contributed by atoms with Gasteiger partial charge in [-0.05, 0) is 37.3 Å². The molecule has 2 aromatic carbocycles. The lowest BCUT2D eigenvalue weighted by atomic mass is 10.1. The summed E-state index contributed by atoms with van der Waals surface area (Å²) in [5.74, 6) is -0.942. The molecule has 1 aliphatic heterocycles. The van der Waals surface area contributed by atoms with Crippen LogP contribution >= 0.6 is 22.9 Å². The maximum Gasteiger partial charge on any atom is 0.266 e. The molecule has 1 saturated heterocycles. The van der Waals surface area contributed by atoms with Crippen molar-refractivity contribution in [1.82, 2.24) is 4.98 Å². The lowest BCUT2D eigenvalue weighted by Gasteiger charge is -2.27. The van der Waals surface area contributed by atoms with Crippen LogP contribution in [0.2, 0.25) is 5.02 Å².